The molecule has 1 N–H and O–H groups in total. The van der Waals surface area contributed by atoms with E-state index in [0.29, 0.717) is 15.9 Å². The Morgan fingerprint density at radius 3 is 2.82 bits per heavy atom. The number of alkyl halides is 2. The second kappa shape index (κ2) is 4.21. The number of halogens is 3. The average molecular weight is 306 g/mol. The molecule has 0 aliphatic carbocycles. The summed E-state index contributed by atoms with van der Waals surface area (Å²) in [7, 11) is 0. The second-order valence-corrected chi connectivity index (χ2v) is 4.84. The summed E-state index contributed by atoms with van der Waals surface area (Å²) in [5.74, 6) is -2.75. The Bertz CT molecular complexity index is 459. The molecule has 2 heterocycles. The lowest BCUT2D eigenvalue weighted by Crippen LogP contribution is -2.59. The summed E-state index contributed by atoms with van der Waals surface area (Å²) in [6, 6.07) is 1.15. The van der Waals surface area contributed by atoms with Crippen LogP contribution in [0.1, 0.15) is 5.69 Å². The summed E-state index contributed by atoms with van der Waals surface area (Å²) in [6.45, 7) is 0.672. The van der Waals surface area contributed by atoms with E-state index in [1.54, 1.807) is 19.2 Å². The molecule has 17 heavy (non-hydrogen) atoms. The van der Waals surface area contributed by atoms with Gasteiger partial charge in [0.05, 0.1) is 24.5 Å². The predicted molar refractivity (Wildman–Crippen MR) is 62.2 cm³/mol. The fourth-order valence-corrected chi connectivity index (χ4v) is 1.82. The Hall–Kier alpha value is -1.24. The van der Waals surface area contributed by atoms with Crippen LogP contribution < -0.4 is 5.32 Å². The molecule has 1 aromatic heterocycles. The zero-order valence-electron chi connectivity index (χ0n) is 9.01. The average Bonchev–Trinajstić information content (AvgIpc) is 2.20. The van der Waals surface area contributed by atoms with Crippen molar-refractivity contribution in [2.45, 2.75) is 12.8 Å². The number of carbonyl (C=O) groups is 1. The fraction of sp³-hybridized carbons (Fsp3) is 0.400. The van der Waals surface area contributed by atoms with Gasteiger partial charge in [-0.3, -0.25) is 4.98 Å². The van der Waals surface area contributed by atoms with Crippen LogP contribution in [0.2, 0.25) is 0 Å². The number of rotatable bonds is 1. The molecule has 0 bridgehead atoms. The van der Waals surface area contributed by atoms with E-state index in [2.05, 4.69) is 26.2 Å². The summed E-state index contributed by atoms with van der Waals surface area (Å²) >= 11 is 3.22. The monoisotopic (exact) mass is 305 g/mol. The molecule has 1 aliphatic heterocycles. The van der Waals surface area contributed by atoms with Gasteiger partial charge < -0.3 is 10.2 Å². The van der Waals surface area contributed by atoms with Crippen LogP contribution in [0.3, 0.4) is 0 Å². The van der Waals surface area contributed by atoms with E-state index in [0.717, 1.165) is 4.90 Å². The van der Waals surface area contributed by atoms with Crippen LogP contribution in [0.4, 0.5) is 19.3 Å². The minimum absolute atomic E-state index is 0.514. The van der Waals surface area contributed by atoms with E-state index in [1.165, 1.54) is 0 Å². The first kappa shape index (κ1) is 12.2. The third-order valence-electron chi connectivity index (χ3n) is 2.43. The number of pyridine rings is 1. The number of anilines is 1. The predicted octanol–water partition coefficient (Wildman–Crippen LogP) is 2.64. The third kappa shape index (κ3) is 2.71. The Balaban J connectivity index is 2.02. The van der Waals surface area contributed by atoms with Crippen LogP contribution in [-0.4, -0.2) is 34.9 Å². The zero-order valence-corrected chi connectivity index (χ0v) is 10.6. The standard InChI is InChI=1S/C10H10BrF2N3O/c1-6-8(2-7(11)3-14-6)15-9(17)16-4-10(12,13)5-16/h2-3H,4-5H2,1H3,(H,15,17). The minimum atomic E-state index is -2.75. The summed E-state index contributed by atoms with van der Waals surface area (Å²) in [4.78, 5) is 16.7. The molecule has 4 nitrogen and oxygen atoms in total. The molecular formula is C10H10BrF2N3O. The molecule has 1 saturated heterocycles. The van der Waals surface area contributed by atoms with E-state index in [4.69, 9.17) is 0 Å². The molecule has 2 amide bonds. The highest BCUT2D eigenvalue weighted by Gasteiger charge is 2.46. The highest BCUT2D eigenvalue weighted by Crippen LogP contribution is 2.27. The van der Waals surface area contributed by atoms with Crippen molar-refractivity contribution in [3.63, 3.8) is 0 Å². The Kier molecular flexibility index (Phi) is 3.03. The van der Waals surface area contributed by atoms with E-state index in [9.17, 15) is 13.6 Å². The van der Waals surface area contributed by atoms with Gasteiger partial charge in [-0.05, 0) is 28.9 Å². The normalized spacial score (nSPS) is 17.5. The lowest BCUT2D eigenvalue weighted by Gasteiger charge is -2.38. The number of aryl methyl sites for hydroxylation is 1. The van der Waals surface area contributed by atoms with Gasteiger partial charge in [-0.25, -0.2) is 13.6 Å². The largest absolute Gasteiger partial charge is 0.322 e. The molecule has 0 spiro atoms. The number of likely N-dealkylation sites (tertiary alicyclic amines) is 1. The number of aromatic nitrogens is 1. The summed E-state index contributed by atoms with van der Waals surface area (Å²) in [6.07, 6.45) is 1.60. The Morgan fingerprint density at radius 2 is 2.24 bits per heavy atom. The van der Waals surface area contributed by atoms with Crippen molar-refractivity contribution in [1.82, 2.24) is 9.88 Å². The first-order chi connectivity index (χ1) is 7.87. The van der Waals surface area contributed by atoms with Crippen molar-refractivity contribution in [2.75, 3.05) is 18.4 Å². The number of hydrogen-bond donors (Lipinski definition) is 1. The highest BCUT2D eigenvalue weighted by atomic mass is 79.9. The first-order valence-electron chi connectivity index (χ1n) is 4.93. The molecule has 0 aromatic carbocycles. The molecule has 92 valence electrons. The van der Waals surface area contributed by atoms with Gasteiger partial charge in [0, 0.05) is 10.7 Å². The van der Waals surface area contributed by atoms with Crippen LogP contribution in [0.5, 0.6) is 0 Å². The quantitative estimate of drug-likeness (QED) is 0.867. The molecule has 0 unspecified atom stereocenters. The van der Waals surface area contributed by atoms with E-state index < -0.39 is 25.0 Å². The van der Waals surface area contributed by atoms with Crippen LogP contribution in [-0.2, 0) is 0 Å². The lowest BCUT2D eigenvalue weighted by molar-refractivity contribution is -0.107. The van der Waals surface area contributed by atoms with Crippen LogP contribution in [0, 0.1) is 6.92 Å². The summed E-state index contributed by atoms with van der Waals surface area (Å²) in [5.41, 5.74) is 1.15. The van der Waals surface area contributed by atoms with Crippen molar-refractivity contribution >= 4 is 27.6 Å². The van der Waals surface area contributed by atoms with Gasteiger partial charge in [-0.1, -0.05) is 0 Å². The summed E-state index contributed by atoms with van der Waals surface area (Å²) in [5, 5.41) is 2.55. The number of nitrogens with zero attached hydrogens (tertiary/aromatic N) is 2. The third-order valence-corrected chi connectivity index (χ3v) is 2.86. The SMILES string of the molecule is Cc1ncc(Br)cc1NC(=O)N1CC(F)(F)C1. The Morgan fingerprint density at radius 1 is 1.59 bits per heavy atom. The second-order valence-electron chi connectivity index (χ2n) is 3.93. The van der Waals surface area contributed by atoms with Crippen LogP contribution >= 0.6 is 15.9 Å². The maximum atomic E-state index is 12.6. The maximum absolute atomic E-state index is 12.6. The topological polar surface area (TPSA) is 45.2 Å². The maximum Gasteiger partial charge on any atom is 0.322 e. The molecule has 0 atom stereocenters. The minimum Gasteiger partial charge on any atom is -0.312 e. The van der Waals surface area contributed by atoms with Crippen LogP contribution in [0.15, 0.2) is 16.7 Å². The number of urea groups is 1. The molecule has 1 fully saturated rings. The Labute approximate surface area is 105 Å². The number of carbonyl (C=O) groups excluding carboxylic acids is 1. The number of hydrogen-bond acceptors (Lipinski definition) is 2. The molecular weight excluding hydrogens is 296 g/mol. The van der Waals surface area contributed by atoms with Crippen molar-refractivity contribution in [2.24, 2.45) is 0 Å². The van der Waals surface area contributed by atoms with Crippen molar-refractivity contribution in [1.29, 1.82) is 0 Å². The molecule has 1 aliphatic rings. The molecule has 0 saturated carbocycles. The van der Waals surface area contributed by atoms with Gasteiger partial charge in [0.25, 0.3) is 5.92 Å². The molecule has 2 rings (SSSR count). The molecule has 0 radical (unpaired) electrons. The van der Waals surface area contributed by atoms with Gasteiger partial charge in [-0.2, -0.15) is 0 Å². The smallest absolute Gasteiger partial charge is 0.312 e. The lowest BCUT2D eigenvalue weighted by atomic mass is 10.2. The number of nitrogens with one attached hydrogen (secondary N) is 1. The van der Waals surface area contributed by atoms with Gasteiger partial charge in [0.2, 0.25) is 0 Å². The van der Waals surface area contributed by atoms with Crippen LogP contribution in [0.25, 0.3) is 0 Å². The van der Waals surface area contributed by atoms with Crippen molar-refractivity contribution in [3.05, 3.63) is 22.4 Å². The zero-order chi connectivity index (χ0) is 12.6. The number of amides is 2. The van der Waals surface area contributed by atoms with Gasteiger partial charge in [0.1, 0.15) is 0 Å². The highest BCUT2D eigenvalue weighted by molar-refractivity contribution is 9.10. The molecule has 1 aromatic rings. The van der Waals surface area contributed by atoms with Gasteiger partial charge >= 0.3 is 6.03 Å². The summed E-state index contributed by atoms with van der Waals surface area (Å²) < 4.78 is 25.9. The van der Waals surface area contributed by atoms with Crippen molar-refractivity contribution < 1.29 is 13.6 Å². The van der Waals surface area contributed by atoms with E-state index in [-0.39, 0.29) is 0 Å². The molecule has 7 heteroatoms. The van der Waals surface area contributed by atoms with Gasteiger partial charge in [-0.15, -0.1) is 0 Å². The van der Waals surface area contributed by atoms with Crippen molar-refractivity contribution in [3.8, 4) is 0 Å². The first-order valence-corrected chi connectivity index (χ1v) is 5.73. The van der Waals surface area contributed by atoms with E-state index >= 15 is 0 Å². The van der Waals surface area contributed by atoms with Gasteiger partial charge in [0.15, 0.2) is 0 Å². The fourth-order valence-electron chi connectivity index (χ4n) is 1.48. The van der Waals surface area contributed by atoms with E-state index in [1.807, 2.05) is 0 Å².